The summed E-state index contributed by atoms with van der Waals surface area (Å²) in [6.07, 6.45) is 0. The topological polar surface area (TPSA) is 16.4 Å². The number of benzene rings is 10. The molecule has 0 amide bonds. The number of para-hydroxylation sites is 1. The molecule has 0 radical (unpaired) electrons. The van der Waals surface area contributed by atoms with Crippen LogP contribution in [0.5, 0.6) is 0 Å². The second-order valence-corrected chi connectivity index (χ2v) is 14.9. The molecule has 0 unspecified atom stereocenters. The van der Waals surface area contributed by atoms with Crippen LogP contribution < -0.4 is 4.90 Å². The Morgan fingerprint density at radius 3 is 1.62 bits per heavy atom. The maximum absolute atomic E-state index is 6.49. The lowest BCUT2D eigenvalue weighted by molar-refractivity contribution is 0.670. The summed E-state index contributed by atoms with van der Waals surface area (Å²) in [6, 6.07) is 80.6. The predicted octanol–water partition coefficient (Wildman–Crippen LogP) is 16.0. The molecule has 2 heteroatoms. The molecular weight excluding hydrogens is 703 g/mol. The van der Waals surface area contributed by atoms with Crippen LogP contribution in [-0.4, -0.2) is 0 Å². The Labute approximate surface area is 337 Å². The highest BCUT2D eigenvalue weighted by Crippen LogP contribution is 2.42. The standard InChI is InChI=1S/C56H37NO/c1-3-13-40(14-4-1)51-20-11-21-52-53-37-45(28-35-54(53)58-56(51)52)39-22-29-46(30-23-39)57(48-33-24-38-12-7-8-18-44(38)36-48)47-31-25-42(26-32-47)50-34-27-41-15-9-10-19-49(41)55(50)43-16-5-2-6-17-43/h1-37H. The van der Waals surface area contributed by atoms with Gasteiger partial charge >= 0.3 is 0 Å². The van der Waals surface area contributed by atoms with E-state index in [1.807, 2.05) is 6.07 Å². The number of nitrogens with zero attached hydrogens (tertiary/aromatic N) is 1. The molecule has 0 fully saturated rings. The van der Waals surface area contributed by atoms with E-state index in [4.69, 9.17) is 4.42 Å². The third kappa shape index (κ3) is 5.91. The van der Waals surface area contributed by atoms with Crippen LogP contribution in [0.1, 0.15) is 0 Å². The Hall–Kier alpha value is -7.68. The Morgan fingerprint density at radius 2 is 0.862 bits per heavy atom. The van der Waals surface area contributed by atoms with Gasteiger partial charge in [-0.05, 0) is 109 Å². The molecule has 0 aliphatic carbocycles. The Morgan fingerprint density at radius 1 is 0.293 bits per heavy atom. The Bertz CT molecular complexity index is 3250. The summed E-state index contributed by atoms with van der Waals surface area (Å²) >= 11 is 0. The smallest absolute Gasteiger partial charge is 0.143 e. The van der Waals surface area contributed by atoms with Gasteiger partial charge in [0.15, 0.2) is 0 Å². The van der Waals surface area contributed by atoms with Gasteiger partial charge < -0.3 is 9.32 Å². The predicted molar refractivity (Wildman–Crippen MR) is 245 cm³/mol. The van der Waals surface area contributed by atoms with Crippen LogP contribution >= 0.6 is 0 Å². The molecule has 58 heavy (non-hydrogen) atoms. The highest BCUT2D eigenvalue weighted by Gasteiger charge is 2.17. The minimum atomic E-state index is 0.893. The number of anilines is 3. The second-order valence-electron chi connectivity index (χ2n) is 14.9. The van der Waals surface area contributed by atoms with Crippen LogP contribution in [-0.2, 0) is 0 Å². The van der Waals surface area contributed by atoms with Crippen LogP contribution in [0.4, 0.5) is 17.1 Å². The fourth-order valence-electron chi connectivity index (χ4n) is 8.61. The van der Waals surface area contributed by atoms with Gasteiger partial charge in [-0.25, -0.2) is 0 Å². The maximum Gasteiger partial charge on any atom is 0.143 e. The van der Waals surface area contributed by atoms with Crippen LogP contribution in [0.15, 0.2) is 229 Å². The normalized spacial score (nSPS) is 11.4. The lowest BCUT2D eigenvalue weighted by Crippen LogP contribution is -2.09. The minimum absolute atomic E-state index is 0.893. The third-order valence-corrected chi connectivity index (χ3v) is 11.5. The molecule has 0 N–H and O–H groups in total. The Balaban J connectivity index is 0.988. The summed E-state index contributed by atoms with van der Waals surface area (Å²) in [4.78, 5) is 2.36. The molecule has 1 aromatic heterocycles. The van der Waals surface area contributed by atoms with Crippen molar-refractivity contribution >= 4 is 60.5 Å². The first-order valence-corrected chi connectivity index (χ1v) is 19.8. The van der Waals surface area contributed by atoms with E-state index in [0.717, 1.165) is 61.3 Å². The first kappa shape index (κ1) is 33.6. The quantitative estimate of drug-likeness (QED) is 0.162. The lowest BCUT2D eigenvalue weighted by Gasteiger charge is -2.26. The first-order valence-electron chi connectivity index (χ1n) is 19.8. The number of rotatable bonds is 7. The highest BCUT2D eigenvalue weighted by atomic mass is 16.3. The zero-order valence-corrected chi connectivity index (χ0v) is 31.7. The van der Waals surface area contributed by atoms with E-state index in [2.05, 4.69) is 223 Å². The summed E-state index contributed by atoms with van der Waals surface area (Å²) in [5.41, 5.74) is 14.5. The molecule has 10 aromatic carbocycles. The molecule has 2 nitrogen and oxygen atoms in total. The summed E-state index contributed by atoms with van der Waals surface area (Å²) in [5.74, 6) is 0. The molecule has 0 spiro atoms. The molecule has 1 heterocycles. The molecule has 272 valence electrons. The van der Waals surface area contributed by atoms with E-state index in [0.29, 0.717) is 0 Å². The summed E-state index contributed by atoms with van der Waals surface area (Å²) in [5, 5.41) is 7.17. The molecule has 0 saturated carbocycles. The summed E-state index contributed by atoms with van der Waals surface area (Å²) in [7, 11) is 0. The highest BCUT2D eigenvalue weighted by molar-refractivity contribution is 6.10. The van der Waals surface area contributed by atoms with Crippen molar-refractivity contribution < 1.29 is 4.42 Å². The van der Waals surface area contributed by atoms with Gasteiger partial charge in [0.25, 0.3) is 0 Å². The zero-order chi connectivity index (χ0) is 38.4. The van der Waals surface area contributed by atoms with Crippen molar-refractivity contribution in [3.05, 3.63) is 224 Å². The monoisotopic (exact) mass is 739 g/mol. The van der Waals surface area contributed by atoms with Crippen molar-refractivity contribution in [2.45, 2.75) is 0 Å². The van der Waals surface area contributed by atoms with Gasteiger partial charge in [-0.2, -0.15) is 0 Å². The van der Waals surface area contributed by atoms with E-state index < -0.39 is 0 Å². The van der Waals surface area contributed by atoms with E-state index in [1.165, 1.54) is 43.8 Å². The van der Waals surface area contributed by atoms with E-state index in [9.17, 15) is 0 Å². The lowest BCUT2D eigenvalue weighted by atomic mass is 9.90. The van der Waals surface area contributed by atoms with Crippen LogP contribution in [0, 0.1) is 0 Å². The van der Waals surface area contributed by atoms with Crippen LogP contribution in [0.3, 0.4) is 0 Å². The largest absolute Gasteiger partial charge is 0.455 e. The van der Waals surface area contributed by atoms with Crippen molar-refractivity contribution in [1.29, 1.82) is 0 Å². The molecule has 0 bridgehead atoms. The van der Waals surface area contributed by atoms with Gasteiger partial charge in [0.2, 0.25) is 0 Å². The second kappa shape index (κ2) is 14.1. The van der Waals surface area contributed by atoms with Crippen molar-refractivity contribution in [1.82, 2.24) is 0 Å². The van der Waals surface area contributed by atoms with Crippen molar-refractivity contribution in [2.24, 2.45) is 0 Å². The maximum atomic E-state index is 6.49. The van der Waals surface area contributed by atoms with Gasteiger partial charge in [-0.3, -0.25) is 0 Å². The van der Waals surface area contributed by atoms with Gasteiger partial charge in [0.05, 0.1) is 0 Å². The zero-order valence-electron chi connectivity index (χ0n) is 31.7. The SMILES string of the molecule is c1ccc(-c2c(-c3ccc(N(c4ccc(-c5ccc6oc7c(-c8ccccc8)cccc7c6c5)cc4)c4ccc5ccccc5c4)cc3)ccc3ccccc23)cc1. The molecule has 11 aromatic rings. The third-order valence-electron chi connectivity index (χ3n) is 11.5. The van der Waals surface area contributed by atoms with E-state index in [1.54, 1.807) is 0 Å². The fraction of sp³-hybridized carbons (Fsp3) is 0. The van der Waals surface area contributed by atoms with E-state index in [-0.39, 0.29) is 0 Å². The summed E-state index contributed by atoms with van der Waals surface area (Å²) in [6.45, 7) is 0. The average molecular weight is 740 g/mol. The fourth-order valence-corrected chi connectivity index (χ4v) is 8.61. The number of hydrogen-bond donors (Lipinski definition) is 0. The van der Waals surface area contributed by atoms with Gasteiger partial charge in [-0.1, -0.05) is 176 Å². The van der Waals surface area contributed by atoms with Gasteiger partial charge in [0.1, 0.15) is 11.2 Å². The van der Waals surface area contributed by atoms with Gasteiger partial charge in [-0.15, -0.1) is 0 Å². The average Bonchev–Trinajstić information content (AvgIpc) is 3.68. The van der Waals surface area contributed by atoms with E-state index >= 15 is 0 Å². The summed E-state index contributed by atoms with van der Waals surface area (Å²) < 4.78 is 6.49. The number of furan rings is 1. The number of fused-ring (bicyclic) bond motifs is 5. The van der Waals surface area contributed by atoms with Crippen LogP contribution in [0.25, 0.3) is 88.0 Å². The van der Waals surface area contributed by atoms with Crippen molar-refractivity contribution in [3.8, 4) is 44.5 Å². The molecule has 11 rings (SSSR count). The molecule has 0 aliphatic rings. The Kier molecular flexibility index (Phi) is 8.19. The molecule has 0 saturated heterocycles. The molecular formula is C56H37NO. The van der Waals surface area contributed by atoms with Crippen LogP contribution in [0.2, 0.25) is 0 Å². The molecule has 0 aliphatic heterocycles. The molecule has 0 atom stereocenters. The van der Waals surface area contributed by atoms with Gasteiger partial charge in [0, 0.05) is 33.4 Å². The number of hydrogen-bond acceptors (Lipinski definition) is 2. The van der Waals surface area contributed by atoms with Crippen molar-refractivity contribution in [2.75, 3.05) is 4.90 Å². The first-order chi connectivity index (χ1) is 28.7. The van der Waals surface area contributed by atoms with Crippen molar-refractivity contribution in [3.63, 3.8) is 0 Å². The minimum Gasteiger partial charge on any atom is -0.455 e.